The lowest BCUT2D eigenvalue weighted by atomic mass is 10.2. The van der Waals surface area contributed by atoms with E-state index in [0.717, 1.165) is 0 Å². The topological polar surface area (TPSA) is 72.5 Å². The van der Waals surface area contributed by atoms with Crippen molar-refractivity contribution < 1.29 is 14.3 Å². The van der Waals surface area contributed by atoms with Crippen molar-refractivity contribution in [3.63, 3.8) is 0 Å². The lowest BCUT2D eigenvalue weighted by Crippen LogP contribution is -2.51. The highest BCUT2D eigenvalue weighted by atomic mass is 35.5. The molecule has 1 atom stereocenters. The minimum atomic E-state index is -0.305. The van der Waals surface area contributed by atoms with Gasteiger partial charge in [-0.25, -0.2) is 4.98 Å². The number of pyridine rings is 1. The Morgan fingerprint density at radius 3 is 3.15 bits per heavy atom. The number of aromatic nitrogens is 1. The average Bonchev–Trinajstić information content (AvgIpc) is 2.46. The fourth-order valence-electron chi connectivity index (χ4n) is 1.69. The Morgan fingerprint density at radius 2 is 2.45 bits per heavy atom. The van der Waals surface area contributed by atoms with Crippen LogP contribution in [0.15, 0.2) is 12.3 Å². The minimum absolute atomic E-state index is 0.108. The summed E-state index contributed by atoms with van der Waals surface area (Å²) in [4.78, 5) is 15.7. The van der Waals surface area contributed by atoms with Gasteiger partial charge in [0.15, 0.2) is 0 Å². The van der Waals surface area contributed by atoms with Crippen LogP contribution in [0.5, 0.6) is 5.88 Å². The zero-order valence-electron chi connectivity index (χ0n) is 10.7. The predicted octanol–water partition coefficient (Wildman–Crippen LogP) is 0.872. The number of carbonyl (C=O) groups is 1. The highest BCUT2D eigenvalue weighted by molar-refractivity contribution is 6.35. The number of nitrogens with one attached hydrogen (secondary N) is 2. The monoisotopic (exact) mass is 319 g/mol. The van der Waals surface area contributed by atoms with Gasteiger partial charge in [-0.2, -0.15) is 0 Å². The molecular weight excluding hydrogens is 305 g/mol. The number of morpholine rings is 1. The van der Waals surface area contributed by atoms with Crippen molar-refractivity contribution in [3.05, 3.63) is 22.3 Å². The highest BCUT2D eigenvalue weighted by Gasteiger charge is 2.20. The van der Waals surface area contributed by atoms with Gasteiger partial charge in [-0.15, -0.1) is 0 Å². The van der Waals surface area contributed by atoms with E-state index in [0.29, 0.717) is 42.2 Å². The van der Waals surface area contributed by atoms with E-state index in [1.54, 1.807) is 6.07 Å². The second-order valence-corrected chi connectivity index (χ2v) is 5.01. The van der Waals surface area contributed by atoms with Crippen LogP contribution in [0.4, 0.5) is 0 Å². The van der Waals surface area contributed by atoms with Gasteiger partial charge < -0.3 is 20.1 Å². The van der Waals surface area contributed by atoms with Crippen molar-refractivity contribution in [2.75, 3.05) is 32.9 Å². The van der Waals surface area contributed by atoms with E-state index in [4.69, 9.17) is 32.7 Å². The average molecular weight is 320 g/mol. The highest BCUT2D eigenvalue weighted by Crippen LogP contribution is 2.24. The summed E-state index contributed by atoms with van der Waals surface area (Å²) in [6.07, 6.45) is 1.45. The van der Waals surface area contributed by atoms with Gasteiger partial charge in [0, 0.05) is 12.7 Å². The molecule has 1 amide bonds. The third-order valence-corrected chi connectivity index (χ3v) is 3.13. The van der Waals surface area contributed by atoms with Gasteiger partial charge in [0.05, 0.1) is 24.8 Å². The van der Waals surface area contributed by atoms with Gasteiger partial charge in [-0.05, 0) is 6.07 Å². The van der Waals surface area contributed by atoms with Gasteiger partial charge in [-0.1, -0.05) is 23.2 Å². The molecule has 2 N–H and O–H groups in total. The first-order chi connectivity index (χ1) is 9.66. The number of nitrogens with zero attached hydrogens (tertiary/aromatic N) is 1. The maximum atomic E-state index is 11.8. The van der Waals surface area contributed by atoms with Crippen molar-refractivity contribution >= 4 is 29.1 Å². The Morgan fingerprint density at radius 1 is 1.60 bits per heavy atom. The normalized spacial score (nSPS) is 18.6. The smallest absolute Gasteiger partial charge is 0.239 e. The van der Waals surface area contributed by atoms with Gasteiger partial charge in [0.25, 0.3) is 0 Å². The molecule has 2 rings (SSSR count). The summed E-state index contributed by atoms with van der Waals surface area (Å²) in [5.74, 6) is 0.188. The molecule has 1 aromatic rings. The minimum Gasteiger partial charge on any atom is -0.475 e. The van der Waals surface area contributed by atoms with Crippen molar-refractivity contribution in [1.29, 1.82) is 0 Å². The van der Waals surface area contributed by atoms with Crippen LogP contribution in [0.3, 0.4) is 0 Å². The molecule has 6 nitrogen and oxygen atoms in total. The standard InChI is InChI=1S/C12H15Cl2N3O3/c13-8-5-9(14)12(17-6-8)20-4-2-16-11(18)10-7-19-3-1-15-10/h5-6,10,15H,1-4,7H2,(H,16,18). The molecule has 2 heterocycles. The predicted molar refractivity (Wildman–Crippen MR) is 75.4 cm³/mol. The van der Waals surface area contributed by atoms with E-state index >= 15 is 0 Å². The number of hydrogen-bond acceptors (Lipinski definition) is 5. The van der Waals surface area contributed by atoms with Crippen LogP contribution >= 0.6 is 23.2 Å². The molecule has 0 radical (unpaired) electrons. The zero-order chi connectivity index (χ0) is 14.4. The van der Waals surface area contributed by atoms with E-state index in [2.05, 4.69) is 15.6 Å². The number of hydrogen-bond donors (Lipinski definition) is 2. The quantitative estimate of drug-likeness (QED) is 0.788. The molecule has 1 aliphatic heterocycles. The molecule has 0 aliphatic carbocycles. The first-order valence-electron chi connectivity index (χ1n) is 6.19. The lowest BCUT2D eigenvalue weighted by Gasteiger charge is -2.22. The number of rotatable bonds is 5. The molecule has 1 aromatic heterocycles. The van der Waals surface area contributed by atoms with Crippen molar-refractivity contribution in [1.82, 2.24) is 15.6 Å². The van der Waals surface area contributed by atoms with Crippen LogP contribution in [0.1, 0.15) is 0 Å². The summed E-state index contributed by atoms with van der Waals surface area (Å²) in [6, 6.07) is 1.24. The summed E-state index contributed by atoms with van der Waals surface area (Å²) in [6.45, 7) is 2.33. The van der Waals surface area contributed by atoms with Crippen molar-refractivity contribution in [3.8, 4) is 5.88 Å². The SMILES string of the molecule is O=C(NCCOc1ncc(Cl)cc1Cl)C1COCCN1. The van der Waals surface area contributed by atoms with Gasteiger partial charge in [0.1, 0.15) is 17.7 Å². The summed E-state index contributed by atoms with van der Waals surface area (Å²) in [7, 11) is 0. The Kier molecular flexibility index (Phi) is 5.85. The lowest BCUT2D eigenvalue weighted by molar-refractivity contribution is -0.126. The van der Waals surface area contributed by atoms with Gasteiger partial charge in [0.2, 0.25) is 11.8 Å². The third-order valence-electron chi connectivity index (χ3n) is 2.65. The molecule has 110 valence electrons. The van der Waals surface area contributed by atoms with E-state index in [1.807, 2.05) is 0 Å². The summed E-state index contributed by atoms with van der Waals surface area (Å²) in [5, 5.41) is 6.60. The van der Waals surface area contributed by atoms with Gasteiger partial charge >= 0.3 is 0 Å². The molecule has 20 heavy (non-hydrogen) atoms. The van der Waals surface area contributed by atoms with Crippen LogP contribution in [-0.2, 0) is 9.53 Å². The summed E-state index contributed by atoms with van der Waals surface area (Å²) < 4.78 is 10.6. The largest absolute Gasteiger partial charge is 0.475 e. The van der Waals surface area contributed by atoms with Gasteiger partial charge in [-0.3, -0.25) is 4.79 Å². The molecular formula is C12H15Cl2N3O3. The Bertz CT molecular complexity index is 467. The molecule has 1 aliphatic rings. The third kappa shape index (κ3) is 4.49. The molecule has 1 fully saturated rings. The number of amides is 1. The number of halogens is 2. The fourth-order valence-corrected chi connectivity index (χ4v) is 2.12. The number of ether oxygens (including phenoxy) is 2. The molecule has 0 spiro atoms. The maximum Gasteiger partial charge on any atom is 0.239 e. The molecule has 1 unspecified atom stereocenters. The molecule has 0 bridgehead atoms. The molecule has 1 saturated heterocycles. The van der Waals surface area contributed by atoms with Crippen LogP contribution in [0.25, 0.3) is 0 Å². The fraction of sp³-hybridized carbons (Fsp3) is 0.500. The first kappa shape index (κ1) is 15.3. The zero-order valence-corrected chi connectivity index (χ0v) is 12.2. The van der Waals surface area contributed by atoms with Crippen LogP contribution in [-0.4, -0.2) is 49.8 Å². The van der Waals surface area contributed by atoms with Crippen LogP contribution in [0.2, 0.25) is 10.0 Å². The Hall–Kier alpha value is -1.08. The molecule has 0 saturated carbocycles. The van der Waals surface area contributed by atoms with Crippen LogP contribution in [0, 0.1) is 0 Å². The van der Waals surface area contributed by atoms with Crippen molar-refractivity contribution in [2.45, 2.75) is 6.04 Å². The van der Waals surface area contributed by atoms with E-state index in [-0.39, 0.29) is 18.6 Å². The Balaban J connectivity index is 1.69. The molecule has 0 aromatic carbocycles. The first-order valence-corrected chi connectivity index (χ1v) is 6.95. The van der Waals surface area contributed by atoms with Crippen LogP contribution < -0.4 is 15.4 Å². The van der Waals surface area contributed by atoms with Crippen molar-refractivity contribution in [2.24, 2.45) is 0 Å². The molecule has 8 heteroatoms. The summed E-state index contributed by atoms with van der Waals surface area (Å²) in [5.41, 5.74) is 0. The summed E-state index contributed by atoms with van der Waals surface area (Å²) >= 11 is 11.6. The van der Waals surface area contributed by atoms with E-state index in [9.17, 15) is 4.79 Å². The maximum absolute atomic E-state index is 11.8. The second kappa shape index (κ2) is 7.64. The van der Waals surface area contributed by atoms with E-state index in [1.165, 1.54) is 6.20 Å². The second-order valence-electron chi connectivity index (χ2n) is 4.16. The number of carbonyl (C=O) groups excluding carboxylic acids is 1. The van der Waals surface area contributed by atoms with E-state index < -0.39 is 0 Å². The Labute approximate surface area is 126 Å².